The second-order valence-corrected chi connectivity index (χ2v) is 4.74. The smallest absolute Gasteiger partial charge is 0.0178 e. The first-order valence-corrected chi connectivity index (χ1v) is 7.49. The second kappa shape index (κ2) is 15.2. The van der Waals surface area contributed by atoms with Gasteiger partial charge in [-0.2, -0.15) is 0 Å². The van der Waals surface area contributed by atoms with E-state index in [4.69, 9.17) is 17.2 Å². The molecule has 0 spiro atoms. The van der Waals surface area contributed by atoms with Gasteiger partial charge in [-0.25, -0.2) is 0 Å². The third kappa shape index (κ3) is 13.3. The topological polar surface area (TPSA) is 78.1 Å². The fourth-order valence-electron chi connectivity index (χ4n) is 1.79. The van der Waals surface area contributed by atoms with E-state index in [1.54, 1.807) is 0 Å². The highest BCUT2D eigenvalue weighted by atomic mass is 14.5. The lowest BCUT2D eigenvalue weighted by Crippen LogP contribution is -1.98. The molecular weight excluding hydrogens is 234 g/mol. The van der Waals surface area contributed by atoms with Gasteiger partial charge in [0.1, 0.15) is 0 Å². The van der Waals surface area contributed by atoms with Crippen LogP contribution in [0.1, 0.15) is 50.5 Å². The Hall–Kier alpha value is -0.900. The van der Waals surface area contributed by atoms with Gasteiger partial charge in [-0.15, -0.1) is 0 Å². The molecule has 1 aromatic rings. The molecule has 6 N–H and O–H groups in total. The van der Waals surface area contributed by atoms with E-state index in [0.717, 1.165) is 13.1 Å². The molecule has 0 atom stereocenters. The summed E-state index contributed by atoms with van der Waals surface area (Å²) in [4.78, 5) is 0. The van der Waals surface area contributed by atoms with Gasteiger partial charge in [-0.3, -0.25) is 0 Å². The van der Waals surface area contributed by atoms with Crippen LogP contribution in [0.25, 0.3) is 0 Å². The van der Waals surface area contributed by atoms with Crippen LogP contribution in [-0.4, -0.2) is 13.1 Å². The zero-order chi connectivity index (χ0) is 14.2. The molecule has 1 aromatic carbocycles. The average Bonchev–Trinajstić information content (AvgIpc) is 2.48. The highest BCUT2D eigenvalue weighted by Crippen LogP contribution is 2.05. The monoisotopic (exact) mass is 265 g/mol. The van der Waals surface area contributed by atoms with E-state index in [9.17, 15) is 0 Å². The Bertz CT molecular complexity index is 254. The van der Waals surface area contributed by atoms with E-state index in [0.29, 0.717) is 6.54 Å². The lowest BCUT2D eigenvalue weighted by atomic mass is 10.1. The van der Waals surface area contributed by atoms with Crippen molar-refractivity contribution >= 4 is 0 Å². The van der Waals surface area contributed by atoms with E-state index in [1.807, 2.05) is 30.3 Å². The van der Waals surface area contributed by atoms with Gasteiger partial charge >= 0.3 is 0 Å². The van der Waals surface area contributed by atoms with Crippen molar-refractivity contribution in [3.8, 4) is 0 Å². The molecule has 0 aromatic heterocycles. The van der Waals surface area contributed by atoms with Crippen molar-refractivity contribution in [1.29, 1.82) is 0 Å². The van der Waals surface area contributed by atoms with Gasteiger partial charge in [0.25, 0.3) is 0 Å². The summed E-state index contributed by atoms with van der Waals surface area (Å²) >= 11 is 0. The fourth-order valence-corrected chi connectivity index (χ4v) is 1.79. The molecule has 0 aliphatic rings. The van der Waals surface area contributed by atoms with Crippen LogP contribution in [0.15, 0.2) is 30.3 Å². The van der Waals surface area contributed by atoms with E-state index in [-0.39, 0.29) is 0 Å². The van der Waals surface area contributed by atoms with E-state index in [1.165, 1.54) is 50.5 Å². The summed E-state index contributed by atoms with van der Waals surface area (Å²) in [5.41, 5.74) is 17.3. The third-order valence-electron chi connectivity index (χ3n) is 2.99. The molecular formula is C16H31N3. The maximum Gasteiger partial charge on any atom is 0.0178 e. The molecule has 0 bridgehead atoms. The van der Waals surface area contributed by atoms with Crippen molar-refractivity contribution in [2.75, 3.05) is 13.1 Å². The number of benzene rings is 1. The first-order valence-electron chi connectivity index (χ1n) is 7.49. The van der Waals surface area contributed by atoms with Crippen LogP contribution < -0.4 is 17.2 Å². The minimum Gasteiger partial charge on any atom is -0.330 e. The van der Waals surface area contributed by atoms with Gasteiger partial charge < -0.3 is 17.2 Å². The highest BCUT2D eigenvalue weighted by molar-refractivity contribution is 5.13. The van der Waals surface area contributed by atoms with Gasteiger partial charge in [-0.05, 0) is 31.5 Å². The Morgan fingerprint density at radius 2 is 1.00 bits per heavy atom. The lowest BCUT2D eigenvalue weighted by molar-refractivity contribution is 0.585. The Balaban J connectivity index is 0.000000356. The van der Waals surface area contributed by atoms with Crippen molar-refractivity contribution in [2.24, 2.45) is 17.2 Å². The van der Waals surface area contributed by atoms with E-state index < -0.39 is 0 Å². The summed E-state index contributed by atoms with van der Waals surface area (Å²) in [5.74, 6) is 0. The highest BCUT2D eigenvalue weighted by Gasteiger charge is 1.89. The zero-order valence-electron chi connectivity index (χ0n) is 12.2. The van der Waals surface area contributed by atoms with Gasteiger partial charge in [-0.1, -0.05) is 62.4 Å². The molecule has 0 saturated carbocycles. The van der Waals surface area contributed by atoms with Crippen LogP contribution in [0.3, 0.4) is 0 Å². The van der Waals surface area contributed by atoms with Gasteiger partial charge in [0.15, 0.2) is 0 Å². The Kier molecular flexibility index (Phi) is 14.4. The summed E-state index contributed by atoms with van der Waals surface area (Å²) in [7, 11) is 0. The van der Waals surface area contributed by atoms with Crippen molar-refractivity contribution in [2.45, 2.75) is 51.5 Å². The maximum absolute atomic E-state index is 5.37. The third-order valence-corrected chi connectivity index (χ3v) is 2.99. The summed E-state index contributed by atoms with van der Waals surface area (Å²) in [5, 5.41) is 0. The summed E-state index contributed by atoms with van der Waals surface area (Å²) in [6.45, 7) is 2.34. The van der Waals surface area contributed by atoms with Crippen molar-refractivity contribution in [3.05, 3.63) is 35.9 Å². The molecule has 3 nitrogen and oxygen atoms in total. The standard InChI is InChI=1S/C9H22N2.C7H9N/c10-8-6-4-2-1-3-5-7-9-11;8-6-7-4-2-1-3-5-7/h1-11H2;1-5H,6,8H2. The molecule has 19 heavy (non-hydrogen) atoms. The molecule has 3 heteroatoms. The number of rotatable bonds is 9. The second-order valence-electron chi connectivity index (χ2n) is 4.74. The van der Waals surface area contributed by atoms with E-state index >= 15 is 0 Å². The molecule has 0 fully saturated rings. The maximum atomic E-state index is 5.37. The minimum absolute atomic E-state index is 0.640. The Morgan fingerprint density at radius 1 is 0.579 bits per heavy atom. The van der Waals surface area contributed by atoms with Crippen LogP contribution in [0.2, 0.25) is 0 Å². The van der Waals surface area contributed by atoms with Crippen LogP contribution in [-0.2, 0) is 6.54 Å². The number of hydrogen-bond acceptors (Lipinski definition) is 3. The molecule has 110 valence electrons. The van der Waals surface area contributed by atoms with E-state index in [2.05, 4.69) is 0 Å². The van der Waals surface area contributed by atoms with Crippen molar-refractivity contribution in [1.82, 2.24) is 0 Å². The van der Waals surface area contributed by atoms with Gasteiger partial charge in [0.2, 0.25) is 0 Å². The molecule has 0 aliphatic carbocycles. The summed E-state index contributed by atoms with van der Waals surface area (Å²) < 4.78 is 0. The number of hydrogen-bond donors (Lipinski definition) is 3. The average molecular weight is 265 g/mol. The SMILES string of the molecule is NCCCCCCCCCN.NCc1ccccc1. The predicted molar refractivity (Wildman–Crippen MR) is 84.8 cm³/mol. The fraction of sp³-hybridized carbons (Fsp3) is 0.625. The van der Waals surface area contributed by atoms with Crippen LogP contribution in [0, 0.1) is 0 Å². The zero-order valence-corrected chi connectivity index (χ0v) is 12.2. The molecule has 0 unspecified atom stereocenters. The molecule has 0 amide bonds. The van der Waals surface area contributed by atoms with Crippen LogP contribution >= 0.6 is 0 Å². The quantitative estimate of drug-likeness (QED) is 0.601. The summed E-state index contributed by atoms with van der Waals surface area (Å²) in [6, 6.07) is 9.99. The van der Waals surface area contributed by atoms with Crippen molar-refractivity contribution < 1.29 is 0 Å². The Labute approximate surface area is 118 Å². The van der Waals surface area contributed by atoms with Gasteiger partial charge in [0, 0.05) is 6.54 Å². The normalized spacial score (nSPS) is 9.84. The molecule has 0 aliphatic heterocycles. The largest absolute Gasteiger partial charge is 0.330 e. The minimum atomic E-state index is 0.640. The van der Waals surface area contributed by atoms with Gasteiger partial charge in [0.05, 0.1) is 0 Å². The first kappa shape index (κ1) is 18.1. The number of unbranched alkanes of at least 4 members (excludes halogenated alkanes) is 6. The lowest BCUT2D eigenvalue weighted by Gasteiger charge is -1.99. The predicted octanol–water partition coefficient (Wildman–Crippen LogP) is 2.78. The molecule has 0 saturated heterocycles. The van der Waals surface area contributed by atoms with Crippen molar-refractivity contribution in [3.63, 3.8) is 0 Å². The van der Waals surface area contributed by atoms with Crippen LogP contribution in [0.4, 0.5) is 0 Å². The molecule has 0 radical (unpaired) electrons. The Morgan fingerprint density at radius 3 is 1.32 bits per heavy atom. The molecule has 1 rings (SSSR count). The molecule has 0 heterocycles. The number of nitrogens with two attached hydrogens (primary N) is 3. The van der Waals surface area contributed by atoms with Crippen LogP contribution in [0.5, 0.6) is 0 Å². The summed E-state index contributed by atoms with van der Waals surface area (Å²) in [6.07, 6.45) is 9.05. The first-order chi connectivity index (χ1) is 9.35.